The molecule has 0 saturated heterocycles. The van der Waals surface area contributed by atoms with Crippen LogP contribution < -0.4 is 16.0 Å². The van der Waals surface area contributed by atoms with E-state index in [1.165, 1.54) is 32.1 Å². The number of benzene rings is 1. The summed E-state index contributed by atoms with van der Waals surface area (Å²) >= 11 is 6.47. The summed E-state index contributed by atoms with van der Waals surface area (Å²) in [5, 5.41) is 1.95. The first-order valence-electron chi connectivity index (χ1n) is 11.6. The number of fused-ring (bicyclic) bond motifs is 1. The van der Waals surface area contributed by atoms with E-state index in [0.717, 1.165) is 37.0 Å². The first kappa shape index (κ1) is 21.7. The highest BCUT2D eigenvalue weighted by atomic mass is 35.5. The third-order valence-electron chi connectivity index (χ3n) is 7.78. The van der Waals surface area contributed by atoms with E-state index in [2.05, 4.69) is 18.8 Å². The van der Waals surface area contributed by atoms with Crippen molar-refractivity contribution >= 4 is 22.4 Å². The molecule has 0 bridgehead atoms. The largest absolute Gasteiger partial charge is 0.489 e. The van der Waals surface area contributed by atoms with Gasteiger partial charge in [0.1, 0.15) is 5.75 Å². The number of nitrogens with one attached hydrogen (secondary N) is 1. The van der Waals surface area contributed by atoms with Gasteiger partial charge in [0, 0.05) is 17.6 Å². The molecule has 164 valence electrons. The zero-order valence-corrected chi connectivity index (χ0v) is 19.0. The molecule has 2 saturated carbocycles. The molecule has 2 fully saturated rings. The topological polar surface area (TPSA) is 68.1 Å². The number of halogens is 1. The van der Waals surface area contributed by atoms with Gasteiger partial charge >= 0.3 is 0 Å². The third kappa shape index (κ3) is 4.13. The van der Waals surface area contributed by atoms with E-state index in [9.17, 15) is 4.79 Å². The van der Waals surface area contributed by atoms with Crippen LogP contribution in [0.4, 0.5) is 0 Å². The number of H-pyrrole nitrogens is 1. The summed E-state index contributed by atoms with van der Waals surface area (Å²) in [6, 6.07) is 5.75. The molecule has 4 rings (SSSR count). The summed E-state index contributed by atoms with van der Waals surface area (Å²) in [6.07, 6.45) is 12.8. The maximum absolute atomic E-state index is 12.0. The predicted molar refractivity (Wildman–Crippen MR) is 124 cm³/mol. The van der Waals surface area contributed by atoms with Crippen LogP contribution in [0.5, 0.6) is 5.75 Å². The second-order valence-corrected chi connectivity index (χ2v) is 10.2. The maximum atomic E-state index is 12.0. The van der Waals surface area contributed by atoms with Crippen molar-refractivity contribution in [3.8, 4) is 5.75 Å². The van der Waals surface area contributed by atoms with E-state index < -0.39 is 0 Å². The molecule has 3 N–H and O–H groups in total. The van der Waals surface area contributed by atoms with Gasteiger partial charge in [-0.3, -0.25) is 4.79 Å². The molecule has 1 atom stereocenters. The zero-order chi connectivity index (χ0) is 21.3. The lowest BCUT2D eigenvalue weighted by Gasteiger charge is -2.51. The standard InChI is InChI=1S/C25H35ClN2O2/c1-16(2)23(27)25(18-6-4-3-5-7-18)11-8-19(9-12-25)30-22-14-17-10-13-28-24(29)20(17)15-21(22)26/h10,13-16,18-19,23H,3-9,11-12,27H2,1-2H3,(H,28,29)/t19-,23-,25-/m0/s1. The van der Waals surface area contributed by atoms with Crippen molar-refractivity contribution in [2.45, 2.75) is 83.8 Å². The van der Waals surface area contributed by atoms with Crippen molar-refractivity contribution in [1.82, 2.24) is 4.98 Å². The van der Waals surface area contributed by atoms with Gasteiger partial charge in [0.2, 0.25) is 0 Å². The number of aromatic amines is 1. The maximum Gasteiger partial charge on any atom is 0.255 e. The molecule has 2 aliphatic carbocycles. The normalized spacial score (nSPS) is 26.8. The monoisotopic (exact) mass is 430 g/mol. The summed E-state index contributed by atoms with van der Waals surface area (Å²) < 4.78 is 6.37. The fourth-order valence-electron chi connectivity index (χ4n) is 6.06. The molecular formula is C25H35ClN2O2. The summed E-state index contributed by atoms with van der Waals surface area (Å²) in [6.45, 7) is 4.54. The van der Waals surface area contributed by atoms with Gasteiger partial charge in [-0.1, -0.05) is 44.7 Å². The van der Waals surface area contributed by atoms with Gasteiger partial charge in [0.15, 0.2) is 0 Å². The second kappa shape index (κ2) is 8.92. The lowest BCUT2D eigenvalue weighted by Crippen LogP contribution is -2.53. The van der Waals surface area contributed by atoms with Gasteiger partial charge in [0.25, 0.3) is 5.56 Å². The van der Waals surface area contributed by atoms with Gasteiger partial charge in [-0.15, -0.1) is 0 Å². The molecule has 1 aromatic heterocycles. The van der Waals surface area contributed by atoms with Gasteiger partial charge in [-0.25, -0.2) is 0 Å². The SMILES string of the molecule is CC(C)[C@H](N)[C@]1(C2CCCCC2)CC[C@@H](Oc2cc3cc[nH]c(=O)c3cc2Cl)CC1. The van der Waals surface area contributed by atoms with Crippen molar-refractivity contribution < 1.29 is 4.74 Å². The van der Waals surface area contributed by atoms with Crippen molar-refractivity contribution in [2.75, 3.05) is 0 Å². The molecule has 1 aromatic carbocycles. The average molecular weight is 431 g/mol. The highest BCUT2D eigenvalue weighted by molar-refractivity contribution is 6.32. The average Bonchev–Trinajstić information content (AvgIpc) is 2.76. The fraction of sp³-hybridized carbons (Fsp3) is 0.640. The molecule has 1 heterocycles. The fourth-order valence-corrected chi connectivity index (χ4v) is 6.27. The summed E-state index contributed by atoms with van der Waals surface area (Å²) in [4.78, 5) is 14.7. The molecule has 30 heavy (non-hydrogen) atoms. The van der Waals surface area contributed by atoms with Crippen molar-refractivity contribution in [3.63, 3.8) is 0 Å². The van der Waals surface area contributed by atoms with Crippen LogP contribution in [0.3, 0.4) is 0 Å². The molecule has 2 aliphatic rings. The Bertz CT molecular complexity index is 924. The number of ether oxygens (including phenoxy) is 1. The number of hydrogen-bond acceptors (Lipinski definition) is 3. The van der Waals surface area contributed by atoms with Crippen LogP contribution in [0.1, 0.15) is 71.6 Å². The number of pyridine rings is 1. The van der Waals surface area contributed by atoms with Crippen LogP contribution in [0, 0.1) is 17.3 Å². The number of hydrogen-bond donors (Lipinski definition) is 2. The van der Waals surface area contributed by atoms with E-state index in [4.69, 9.17) is 22.1 Å². The second-order valence-electron chi connectivity index (χ2n) is 9.83. The van der Waals surface area contributed by atoms with E-state index in [-0.39, 0.29) is 23.1 Å². The van der Waals surface area contributed by atoms with Crippen molar-refractivity contribution in [3.05, 3.63) is 39.8 Å². The lowest BCUT2D eigenvalue weighted by atomic mass is 9.56. The predicted octanol–water partition coefficient (Wildman–Crippen LogP) is 6.05. The number of rotatable bonds is 5. The van der Waals surface area contributed by atoms with Crippen molar-refractivity contribution in [2.24, 2.45) is 23.0 Å². The first-order valence-corrected chi connectivity index (χ1v) is 12.0. The van der Waals surface area contributed by atoms with Gasteiger partial charge < -0.3 is 15.5 Å². The molecule has 4 nitrogen and oxygen atoms in total. The molecular weight excluding hydrogens is 396 g/mol. The molecule has 0 spiro atoms. The number of nitrogens with two attached hydrogens (primary N) is 1. The minimum absolute atomic E-state index is 0.126. The van der Waals surface area contributed by atoms with E-state index in [1.54, 1.807) is 12.3 Å². The Labute approximate surface area is 184 Å². The quantitative estimate of drug-likeness (QED) is 0.606. The van der Waals surface area contributed by atoms with E-state index >= 15 is 0 Å². The summed E-state index contributed by atoms with van der Waals surface area (Å²) in [5.41, 5.74) is 6.98. The molecule has 0 unspecified atom stereocenters. The summed E-state index contributed by atoms with van der Waals surface area (Å²) in [7, 11) is 0. The Hall–Kier alpha value is -1.52. The molecule has 0 radical (unpaired) electrons. The van der Waals surface area contributed by atoms with Crippen LogP contribution in [0.2, 0.25) is 5.02 Å². The number of aromatic nitrogens is 1. The van der Waals surface area contributed by atoms with Crippen LogP contribution in [-0.4, -0.2) is 17.1 Å². The van der Waals surface area contributed by atoms with E-state index in [0.29, 0.717) is 22.1 Å². The van der Waals surface area contributed by atoms with Crippen LogP contribution in [0.15, 0.2) is 29.2 Å². The Kier molecular flexibility index (Phi) is 6.45. The highest BCUT2D eigenvalue weighted by Gasteiger charge is 2.47. The molecule has 5 heteroatoms. The van der Waals surface area contributed by atoms with Crippen LogP contribution in [0.25, 0.3) is 10.8 Å². The first-order chi connectivity index (χ1) is 14.4. The van der Waals surface area contributed by atoms with Crippen LogP contribution in [-0.2, 0) is 0 Å². The Morgan fingerprint density at radius 2 is 1.83 bits per heavy atom. The Balaban J connectivity index is 1.51. The Morgan fingerprint density at radius 1 is 1.13 bits per heavy atom. The van der Waals surface area contributed by atoms with Crippen molar-refractivity contribution in [1.29, 1.82) is 0 Å². The minimum Gasteiger partial charge on any atom is -0.489 e. The molecule has 2 aromatic rings. The van der Waals surface area contributed by atoms with Gasteiger partial charge in [-0.05, 0) is 79.4 Å². The smallest absolute Gasteiger partial charge is 0.255 e. The zero-order valence-electron chi connectivity index (χ0n) is 18.3. The lowest BCUT2D eigenvalue weighted by molar-refractivity contribution is -0.0109. The summed E-state index contributed by atoms with van der Waals surface area (Å²) in [5.74, 6) is 1.93. The highest BCUT2D eigenvalue weighted by Crippen LogP contribution is 2.52. The minimum atomic E-state index is -0.126. The third-order valence-corrected chi connectivity index (χ3v) is 8.08. The molecule has 0 aliphatic heterocycles. The van der Waals surface area contributed by atoms with E-state index in [1.807, 2.05) is 12.1 Å². The molecule has 0 amide bonds. The van der Waals surface area contributed by atoms with Gasteiger partial charge in [0.05, 0.1) is 11.1 Å². The van der Waals surface area contributed by atoms with Crippen LogP contribution >= 0.6 is 11.6 Å². The Morgan fingerprint density at radius 3 is 2.50 bits per heavy atom. The van der Waals surface area contributed by atoms with Gasteiger partial charge in [-0.2, -0.15) is 0 Å².